The van der Waals surface area contributed by atoms with E-state index >= 15 is 0 Å². The molecule has 3 heterocycles. The van der Waals surface area contributed by atoms with Gasteiger partial charge in [0.25, 0.3) is 0 Å². The third kappa shape index (κ3) is 4.51. The molecule has 0 aliphatic carbocycles. The monoisotopic (exact) mass is 442 g/mol. The standard InChI is InChI=1S/C21H16ClFN4O2S/c1-21(2,28)16-9-8-15(26-27-16)18-20(30-17-10-5-13(22)11-24-17)29-19(25-18)12-3-6-14(23)7-4-12/h3-11,28H,1-2H3. The maximum absolute atomic E-state index is 13.3. The normalized spacial score (nSPS) is 11.6. The minimum Gasteiger partial charge on any atom is -0.429 e. The maximum Gasteiger partial charge on any atom is 0.228 e. The van der Waals surface area contributed by atoms with Crippen LogP contribution in [0.15, 0.2) is 69.3 Å². The Kier molecular flexibility index (Phi) is 5.55. The van der Waals surface area contributed by atoms with E-state index in [0.717, 1.165) is 0 Å². The summed E-state index contributed by atoms with van der Waals surface area (Å²) < 4.78 is 19.3. The van der Waals surface area contributed by atoms with Crippen LogP contribution in [0.4, 0.5) is 4.39 Å². The van der Waals surface area contributed by atoms with Gasteiger partial charge in [-0.1, -0.05) is 11.6 Å². The van der Waals surface area contributed by atoms with E-state index in [-0.39, 0.29) is 5.82 Å². The van der Waals surface area contributed by atoms with E-state index < -0.39 is 5.60 Å². The predicted octanol–water partition coefficient (Wildman–Crippen LogP) is 5.36. The second kappa shape index (κ2) is 8.14. The largest absolute Gasteiger partial charge is 0.429 e. The number of aliphatic hydroxyl groups is 1. The van der Waals surface area contributed by atoms with Crippen LogP contribution in [0.25, 0.3) is 22.8 Å². The first kappa shape index (κ1) is 20.5. The molecule has 0 radical (unpaired) electrons. The van der Waals surface area contributed by atoms with Crippen LogP contribution in [0.3, 0.4) is 0 Å². The molecule has 3 aromatic heterocycles. The van der Waals surface area contributed by atoms with Crippen LogP contribution >= 0.6 is 23.4 Å². The van der Waals surface area contributed by atoms with E-state index in [1.807, 2.05) is 0 Å². The van der Waals surface area contributed by atoms with Crippen molar-refractivity contribution in [3.8, 4) is 22.8 Å². The number of oxazole rings is 1. The van der Waals surface area contributed by atoms with Gasteiger partial charge in [0.2, 0.25) is 5.89 Å². The highest BCUT2D eigenvalue weighted by Crippen LogP contribution is 2.38. The molecule has 4 aromatic rings. The van der Waals surface area contributed by atoms with E-state index in [9.17, 15) is 9.50 Å². The summed E-state index contributed by atoms with van der Waals surface area (Å²) in [6, 6.07) is 12.7. The number of nitrogens with zero attached hydrogens (tertiary/aromatic N) is 4. The maximum atomic E-state index is 13.3. The molecule has 0 aliphatic heterocycles. The SMILES string of the molecule is CC(C)(O)c1ccc(-c2nc(-c3ccc(F)cc3)oc2Sc2ccc(Cl)cn2)nn1. The Bertz CT molecular complexity index is 1160. The van der Waals surface area contributed by atoms with E-state index in [4.69, 9.17) is 16.0 Å². The van der Waals surface area contributed by atoms with E-state index in [1.165, 1.54) is 23.9 Å². The van der Waals surface area contributed by atoms with E-state index in [2.05, 4.69) is 20.2 Å². The smallest absolute Gasteiger partial charge is 0.228 e. The summed E-state index contributed by atoms with van der Waals surface area (Å²) in [5.74, 6) is -0.0339. The fraction of sp³-hybridized carbons (Fsp3) is 0.143. The van der Waals surface area contributed by atoms with Gasteiger partial charge in [-0.3, -0.25) is 0 Å². The lowest BCUT2D eigenvalue weighted by atomic mass is 10.1. The van der Waals surface area contributed by atoms with Crippen LogP contribution < -0.4 is 0 Å². The Balaban J connectivity index is 1.76. The van der Waals surface area contributed by atoms with Gasteiger partial charge in [-0.15, -0.1) is 5.10 Å². The quantitative estimate of drug-likeness (QED) is 0.445. The van der Waals surface area contributed by atoms with Crippen molar-refractivity contribution in [3.05, 3.63) is 71.3 Å². The Morgan fingerprint density at radius 2 is 1.80 bits per heavy atom. The summed E-state index contributed by atoms with van der Waals surface area (Å²) >= 11 is 7.17. The molecular formula is C21H16ClFN4O2S. The minimum absolute atomic E-state index is 0.315. The molecule has 30 heavy (non-hydrogen) atoms. The lowest BCUT2D eigenvalue weighted by Crippen LogP contribution is -2.18. The third-order valence-electron chi connectivity index (χ3n) is 4.12. The van der Waals surface area contributed by atoms with Crippen molar-refractivity contribution in [1.82, 2.24) is 20.2 Å². The molecule has 0 atom stereocenters. The highest BCUT2D eigenvalue weighted by molar-refractivity contribution is 7.99. The van der Waals surface area contributed by atoms with Crippen LogP contribution in [0, 0.1) is 5.82 Å². The molecule has 0 aliphatic rings. The van der Waals surface area contributed by atoms with Crippen LogP contribution in [-0.2, 0) is 5.60 Å². The Morgan fingerprint density at radius 3 is 2.40 bits per heavy atom. The fourth-order valence-electron chi connectivity index (χ4n) is 2.56. The average Bonchev–Trinajstić information content (AvgIpc) is 3.13. The Morgan fingerprint density at radius 1 is 1.03 bits per heavy atom. The molecule has 1 N–H and O–H groups in total. The number of benzene rings is 1. The van der Waals surface area contributed by atoms with Crippen LogP contribution in [0.1, 0.15) is 19.5 Å². The Hall–Kier alpha value is -2.81. The second-order valence-electron chi connectivity index (χ2n) is 6.94. The highest BCUT2D eigenvalue weighted by Gasteiger charge is 2.22. The molecule has 0 saturated carbocycles. The van der Waals surface area contributed by atoms with Gasteiger partial charge in [0, 0.05) is 11.8 Å². The molecule has 0 saturated heterocycles. The molecule has 4 rings (SSSR count). The molecule has 0 spiro atoms. The molecule has 1 aromatic carbocycles. The molecule has 9 heteroatoms. The van der Waals surface area contributed by atoms with Crippen LogP contribution in [-0.4, -0.2) is 25.3 Å². The molecule has 0 amide bonds. The van der Waals surface area contributed by atoms with Crippen molar-refractivity contribution >= 4 is 23.4 Å². The number of hydrogen-bond donors (Lipinski definition) is 1. The fourth-order valence-corrected chi connectivity index (χ4v) is 3.47. The van der Waals surface area contributed by atoms with E-state index in [0.29, 0.717) is 43.7 Å². The number of hydrogen-bond acceptors (Lipinski definition) is 7. The first-order valence-electron chi connectivity index (χ1n) is 8.93. The number of halogens is 2. The predicted molar refractivity (Wildman–Crippen MR) is 112 cm³/mol. The van der Waals surface area contributed by atoms with Crippen molar-refractivity contribution in [2.45, 2.75) is 29.6 Å². The summed E-state index contributed by atoms with van der Waals surface area (Å²) in [7, 11) is 0. The summed E-state index contributed by atoms with van der Waals surface area (Å²) in [6.45, 7) is 3.26. The lowest BCUT2D eigenvalue weighted by molar-refractivity contribution is 0.0729. The van der Waals surface area contributed by atoms with Crippen molar-refractivity contribution in [1.29, 1.82) is 0 Å². The van der Waals surface area contributed by atoms with Crippen molar-refractivity contribution < 1.29 is 13.9 Å². The van der Waals surface area contributed by atoms with Gasteiger partial charge in [0.15, 0.2) is 5.09 Å². The summed E-state index contributed by atoms with van der Waals surface area (Å²) in [6.07, 6.45) is 1.54. The van der Waals surface area contributed by atoms with Gasteiger partial charge >= 0.3 is 0 Å². The van der Waals surface area contributed by atoms with Gasteiger partial charge in [-0.25, -0.2) is 14.4 Å². The zero-order valence-electron chi connectivity index (χ0n) is 16.0. The first-order chi connectivity index (χ1) is 14.3. The lowest BCUT2D eigenvalue weighted by Gasteiger charge is -2.15. The van der Waals surface area contributed by atoms with Gasteiger partial charge in [-0.05, 0) is 74.1 Å². The molecule has 6 nitrogen and oxygen atoms in total. The highest BCUT2D eigenvalue weighted by atomic mass is 35.5. The molecule has 0 fully saturated rings. The van der Waals surface area contributed by atoms with Crippen molar-refractivity contribution in [2.75, 3.05) is 0 Å². The Labute approximate surface area is 181 Å². The molecule has 0 bridgehead atoms. The zero-order valence-corrected chi connectivity index (χ0v) is 17.6. The summed E-state index contributed by atoms with van der Waals surface area (Å²) in [5.41, 5.74) is 0.874. The number of pyridine rings is 1. The van der Waals surface area contributed by atoms with Crippen LogP contribution in [0.2, 0.25) is 5.02 Å². The van der Waals surface area contributed by atoms with Gasteiger partial charge in [0.1, 0.15) is 27.8 Å². The zero-order chi connectivity index (χ0) is 21.3. The number of rotatable bonds is 5. The topological polar surface area (TPSA) is 84.9 Å². The third-order valence-corrected chi connectivity index (χ3v) is 5.26. The molecular weight excluding hydrogens is 427 g/mol. The van der Waals surface area contributed by atoms with E-state index in [1.54, 1.807) is 56.4 Å². The molecule has 152 valence electrons. The van der Waals surface area contributed by atoms with Gasteiger partial charge < -0.3 is 9.52 Å². The summed E-state index contributed by atoms with van der Waals surface area (Å²) in [4.78, 5) is 8.83. The first-order valence-corrected chi connectivity index (χ1v) is 10.1. The minimum atomic E-state index is -1.11. The molecule has 0 unspecified atom stereocenters. The second-order valence-corrected chi connectivity index (χ2v) is 8.37. The van der Waals surface area contributed by atoms with Crippen molar-refractivity contribution in [2.24, 2.45) is 0 Å². The number of aromatic nitrogens is 4. The van der Waals surface area contributed by atoms with Gasteiger partial charge in [0.05, 0.1) is 10.7 Å². The average molecular weight is 443 g/mol. The van der Waals surface area contributed by atoms with Gasteiger partial charge in [-0.2, -0.15) is 5.10 Å². The summed E-state index contributed by atoms with van der Waals surface area (Å²) in [5, 5.41) is 20.1. The van der Waals surface area contributed by atoms with Crippen LogP contribution in [0.5, 0.6) is 0 Å². The van der Waals surface area contributed by atoms with Crippen molar-refractivity contribution in [3.63, 3.8) is 0 Å².